The van der Waals surface area contributed by atoms with Crippen LogP contribution in [0.15, 0.2) is 85.1 Å². The van der Waals surface area contributed by atoms with Crippen LogP contribution in [0.2, 0.25) is 0 Å². The Bertz CT molecular complexity index is 954. The summed E-state index contributed by atoms with van der Waals surface area (Å²) in [4.78, 5) is 12.2. The van der Waals surface area contributed by atoms with Gasteiger partial charge in [0.25, 0.3) is 0 Å². The topological polar surface area (TPSA) is 55.8 Å². The predicted molar refractivity (Wildman–Crippen MR) is 232 cm³/mol. The number of aliphatic hydroxyl groups is 1. The summed E-state index contributed by atoms with van der Waals surface area (Å²) < 4.78 is 11.1. The van der Waals surface area contributed by atoms with E-state index in [1.807, 2.05) is 0 Å². The lowest BCUT2D eigenvalue weighted by Crippen LogP contribution is -2.27. The average molecular weight is 737 g/mol. The molecule has 304 valence electrons. The van der Waals surface area contributed by atoms with Gasteiger partial charge in [-0.15, -0.1) is 0 Å². The number of hydrogen-bond acceptors (Lipinski definition) is 4. The van der Waals surface area contributed by atoms with Gasteiger partial charge in [-0.25, -0.2) is 0 Å². The summed E-state index contributed by atoms with van der Waals surface area (Å²) in [5.74, 6) is -0.212. The zero-order valence-corrected chi connectivity index (χ0v) is 34.8. The van der Waals surface area contributed by atoms with Crippen molar-refractivity contribution in [3.05, 3.63) is 85.1 Å². The molecule has 0 aliphatic heterocycles. The molecule has 1 N–H and O–H groups in total. The summed E-state index contributed by atoms with van der Waals surface area (Å²) in [5, 5.41) is 9.60. The van der Waals surface area contributed by atoms with Gasteiger partial charge in [-0.1, -0.05) is 202 Å². The largest absolute Gasteiger partial charge is 0.457 e. The molecule has 0 saturated heterocycles. The normalized spacial score (nSPS) is 13.2. The minimum absolute atomic E-state index is 0.185. The van der Waals surface area contributed by atoms with E-state index >= 15 is 0 Å². The predicted octanol–water partition coefficient (Wildman–Crippen LogP) is 14.8. The van der Waals surface area contributed by atoms with Gasteiger partial charge in [-0.05, 0) is 70.6 Å². The lowest BCUT2D eigenvalue weighted by Gasteiger charge is -2.15. The highest BCUT2D eigenvalue weighted by molar-refractivity contribution is 5.69. The highest BCUT2D eigenvalue weighted by Gasteiger charge is 2.13. The molecule has 0 heterocycles. The Labute approximate surface area is 329 Å². The van der Waals surface area contributed by atoms with E-state index in [4.69, 9.17) is 9.47 Å². The molecular formula is C49H84O4. The minimum Gasteiger partial charge on any atom is -0.457 e. The summed E-state index contributed by atoms with van der Waals surface area (Å²) in [6.07, 6.45) is 63.6. The molecular weight excluding hydrogens is 653 g/mol. The fraction of sp³-hybridized carbons (Fsp3) is 0.694. The Morgan fingerprint density at radius 2 is 0.849 bits per heavy atom. The number of ether oxygens (including phenoxy) is 2. The van der Waals surface area contributed by atoms with Gasteiger partial charge in [-0.3, -0.25) is 4.79 Å². The van der Waals surface area contributed by atoms with E-state index in [1.165, 1.54) is 96.3 Å². The third kappa shape index (κ3) is 43.9. The first-order valence-electron chi connectivity index (χ1n) is 22.2. The van der Waals surface area contributed by atoms with Gasteiger partial charge >= 0.3 is 5.97 Å². The molecule has 0 aromatic carbocycles. The molecule has 0 fully saturated rings. The maximum absolute atomic E-state index is 12.2. The van der Waals surface area contributed by atoms with Gasteiger partial charge in [0.2, 0.25) is 0 Å². The quantitative estimate of drug-likeness (QED) is 0.0387. The smallest absolute Gasteiger partial charge is 0.306 e. The molecule has 4 heteroatoms. The Morgan fingerprint density at radius 3 is 1.28 bits per heavy atom. The molecule has 0 spiro atoms. The third-order valence-corrected chi connectivity index (χ3v) is 9.23. The number of carbonyl (C=O) groups is 1. The van der Waals surface area contributed by atoms with Crippen molar-refractivity contribution in [2.24, 2.45) is 0 Å². The zero-order chi connectivity index (χ0) is 38.4. The summed E-state index contributed by atoms with van der Waals surface area (Å²) >= 11 is 0. The summed E-state index contributed by atoms with van der Waals surface area (Å²) in [5.41, 5.74) is 0. The van der Waals surface area contributed by atoms with Gasteiger partial charge in [0, 0.05) is 13.0 Å². The third-order valence-electron chi connectivity index (χ3n) is 9.23. The second kappa shape index (κ2) is 45.7. The monoisotopic (exact) mass is 737 g/mol. The van der Waals surface area contributed by atoms with Crippen molar-refractivity contribution in [1.29, 1.82) is 0 Å². The first-order chi connectivity index (χ1) is 26.2. The Hall–Kier alpha value is -2.43. The molecule has 53 heavy (non-hydrogen) atoms. The number of esters is 1. The van der Waals surface area contributed by atoms with Gasteiger partial charge < -0.3 is 14.6 Å². The fourth-order valence-corrected chi connectivity index (χ4v) is 5.95. The first kappa shape index (κ1) is 50.6. The Balaban J connectivity index is 3.54. The minimum atomic E-state index is -0.551. The zero-order valence-electron chi connectivity index (χ0n) is 34.8. The molecule has 0 saturated carbocycles. The molecule has 4 nitrogen and oxygen atoms in total. The van der Waals surface area contributed by atoms with Crippen LogP contribution in [0, 0.1) is 0 Å². The molecule has 0 rings (SSSR count). The highest BCUT2D eigenvalue weighted by atomic mass is 16.6. The lowest BCUT2D eigenvalue weighted by atomic mass is 10.0. The van der Waals surface area contributed by atoms with E-state index in [2.05, 4.69) is 98.9 Å². The van der Waals surface area contributed by atoms with Crippen molar-refractivity contribution in [2.75, 3.05) is 19.8 Å². The SMILES string of the molecule is CC/C=C\C/C=C\C/C=C\C/C=C\C/C=C\C/C=C\C/C=C\CCCCCCOCC(CO)OC(=O)CCCCCCCCCCCCCCCCC. The van der Waals surface area contributed by atoms with Crippen molar-refractivity contribution >= 4 is 5.97 Å². The molecule has 0 amide bonds. The lowest BCUT2D eigenvalue weighted by molar-refractivity contribution is -0.154. The van der Waals surface area contributed by atoms with Gasteiger partial charge in [0.1, 0.15) is 6.10 Å². The van der Waals surface area contributed by atoms with E-state index in [0.717, 1.165) is 77.0 Å². The number of aliphatic hydroxyl groups excluding tert-OH is 1. The molecule has 0 aromatic heterocycles. The summed E-state index contributed by atoms with van der Waals surface area (Å²) in [7, 11) is 0. The maximum Gasteiger partial charge on any atom is 0.306 e. The summed E-state index contributed by atoms with van der Waals surface area (Å²) in [6.45, 7) is 5.17. The number of allylic oxidation sites excluding steroid dienone is 14. The molecule has 0 aliphatic carbocycles. The molecule has 0 aromatic rings. The molecule has 0 bridgehead atoms. The van der Waals surface area contributed by atoms with Crippen LogP contribution in [0.25, 0.3) is 0 Å². The average Bonchev–Trinajstić information content (AvgIpc) is 3.16. The van der Waals surface area contributed by atoms with Gasteiger partial charge in [-0.2, -0.15) is 0 Å². The molecule has 1 unspecified atom stereocenters. The van der Waals surface area contributed by atoms with Crippen LogP contribution in [0.1, 0.15) is 194 Å². The van der Waals surface area contributed by atoms with E-state index in [1.54, 1.807) is 0 Å². The second-order valence-corrected chi connectivity index (χ2v) is 14.4. The van der Waals surface area contributed by atoms with Crippen LogP contribution >= 0.6 is 0 Å². The van der Waals surface area contributed by atoms with Crippen LogP contribution < -0.4 is 0 Å². The Kier molecular flexibility index (Phi) is 43.6. The standard InChI is InChI=1S/C49H84O4/c1-3-5-7-9-11-13-15-17-19-20-21-22-23-24-25-26-27-28-29-31-33-35-37-39-41-43-45-52-47-48(46-50)53-49(51)44-42-40-38-36-34-32-30-18-16-14-12-10-8-6-4-2/h5,7,11,13,17,19,21-22,24-25,27-28,31,33,48,50H,3-4,6,8-10,12,14-16,18,20,23,26,29-30,32,34-47H2,1-2H3/b7-5-,13-11-,19-17-,22-21-,25-24-,28-27-,33-31-. The van der Waals surface area contributed by atoms with Crippen molar-refractivity contribution in [3.8, 4) is 0 Å². The van der Waals surface area contributed by atoms with Crippen molar-refractivity contribution in [2.45, 2.75) is 200 Å². The van der Waals surface area contributed by atoms with Crippen LogP contribution in [0.3, 0.4) is 0 Å². The number of carbonyl (C=O) groups excluding carboxylic acids is 1. The van der Waals surface area contributed by atoms with Crippen LogP contribution in [0.4, 0.5) is 0 Å². The van der Waals surface area contributed by atoms with Crippen molar-refractivity contribution in [1.82, 2.24) is 0 Å². The highest BCUT2D eigenvalue weighted by Crippen LogP contribution is 2.14. The van der Waals surface area contributed by atoms with Crippen LogP contribution in [-0.2, 0) is 14.3 Å². The van der Waals surface area contributed by atoms with Crippen LogP contribution in [-0.4, -0.2) is 37.0 Å². The van der Waals surface area contributed by atoms with E-state index < -0.39 is 6.10 Å². The Morgan fingerprint density at radius 1 is 0.472 bits per heavy atom. The molecule has 0 radical (unpaired) electrons. The van der Waals surface area contributed by atoms with Gasteiger partial charge in [0.05, 0.1) is 13.2 Å². The van der Waals surface area contributed by atoms with Crippen molar-refractivity contribution < 1.29 is 19.4 Å². The van der Waals surface area contributed by atoms with E-state index in [0.29, 0.717) is 13.0 Å². The van der Waals surface area contributed by atoms with Crippen LogP contribution in [0.5, 0.6) is 0 Å². The number of rotatable bonds is 40. The van der Waals surface area contributed by atoms with E-state index in [-0.39, 0.29) is 19.2 Å². The van der Waals surface area contributed by atoms with E-state index in [9.17, 15) is 9.90 Å². The van der Waals surface area contributed by atoms with Crippen molar-refractivity contribution in [3.63, 3.8) is 0 Å². The first-order valence-corrected chi connectivity index (χ1v) is 22.2. The number of unbranched alkanes of at least 4 members (excludes halogenated alkanes) is 18. The fourth-order valence-electron chi connectivity index (χ4n) is 5.95. The number of hydrogen-bond donors (Lipinski definition) is 1. The molecule has 1 atom stereocenters. The van der Waals surface area contributed by atoms with Gasteiger partial charge in [0.15, 0.2) is 0 Å². The second-order valence-electron chi connectivity index (χ2n) is 14.4. The maximum atomic E-state index is 12.2. The summed E-state index contributed by atoms with van der Waals surface area (Å²) in [6, 6.07) is 0. The molecule has 0 aliphatic rings.